The van der Waals surface area contributed by atoms with E-state index in [0.717, 1.165) is 6.42 Å². The van der Waals surface area contributed by atoms with Gasteiger partial charge < -0.3 is 10.4 Å². The molecule has 1 aliphatic carbocycles. The molecule has 0 spiro atoms. The number of aliphatic hydroxyl groups excluding tert-OH is 1. The van der Waals surface area contributed by atoms with Crippen molar-refractivity contribution in [3.05, 3.63) is 0 Å². The van der Waals surface area contributed by atoms with E-state index in [0.29, 0.717) is 17.5 Å². The molecule has 0 heterocycles. The number of aliphatic hydroxyl groups is 1. The summed E-state index contributed by atoms with van der Waals surface area (Å²) < 4.78 is 0. The Hall–Kier alpha value is -0.0800. The molecule has 1 aliphatic rings. The molecule has 0 aromatic heterocycles. The van der Waals surface area contributed by atoms with E-state index < -0.39 is 0 Å². The third kappa shape index (κ3) is 3.28. The molecule has 0 saturated heterocycles. The third-order valence-corrected chi connectivity index (χ3v) is 3.15. The fourth-order valence-corrected chi connectivity index (χ4v) is 2.21. The minimum atomic E-state index is 0.271. The Morgan fingerprint density at radius 3 is 2.62 bits per heavy atom. The van der Waals surface area contributed by atoms with Crippen LogP contribution in [0.5, 0.6) is 0 Å². The van der Waals surface area contributed by atoms with Gasteiger partial charge in [-0.1, -0.05) is 20.8 Å². The summed E-state index contributed by atoms with van der Waals surface area (Å²) in [7, 11) is 0. The summed E-state index contributed by atoms with van der Waals surface area (Å²) in [5.41, 5.74) is 0.505. The molecule has 13 heavy (non-hydrogen) atoms. The molecule has 0 amide bonds. The van der Waals surface area contributed by atoms with Crippen LogP contribution in [-0.4, -0.2) is 23.8 Å². The van der Waals surface area contributed by atoms with E-state index in [9.17, 15) is 0 Å². The van der Waals surface area contributed by atoms with Gasteiger partial charge in [0.05, 0.1) is 6.61 Å². The summed E-state index contributed by atoms with van der Waals surface area (Å²) in [5, 5.41) is 12.6. The molecule has 2 nitrogen and oxygen atoms in total. The van der Waals surface area contributed by atoms with Crippen LogP contribution in [0, 0.1) is 5.41 Å². The molecular weight excluding hydrogens is 162 g/mol. The maximum atomic E-state index is 9.05. The van der Waals surface area contributed by atoms with E-state index in [2.05, 4.69) is 26.1 Å². The van der Waals surface area contributed by atoms with Gasteiger partial charge in [-0.25, -0.2) is 0 Å². The van der Waals surface area contributed by atoms with Crippen LogP contribution in [0.1, 0.15) is 46.5 Å². The summed E-state index contributed by atoms with van der Waals surface area (Å²) in [6, 6.07) is 0.936. The molecule has 0 aromatic carbocycles. The molecule has 1 unspecified atom stereocenters. The van der Waals surface area contributed by atoms with Gasteiger partial charge in [-0.05, 0) is 31.1 Å². The van der Waals surface area contributed by atoms with Gasteiger partial charge in [0, 0.05) is 12.1 Å². The zero-order chi connectivity index (χ0) is 9.90. The molecule has 0 aromatic rings. The minimum absolute atomic E-state index is 0.271. The summed E-state index contributed by atoms with van der Waals surface area (Å²) in [6.07, 6.45) is 4.85. The van der Waals surface area contributed by atoms with Crippen LogP contribution in [0.2, 0.25) is 0 Å². The first-order valence-electron chi connectivity index (χ1n) is 5.44. The van der Waals surface area contributed by atoms with E-state index in [1.54, 1.807) is 0 Å². The Labute approximate surface area is 81.7 Å². The average Bonchev–Trinajstić information content (AvgIpc) is 2.41. The van der Waals surface area contributed by atoms with Gasteiger partial charge in [0.15, 0.2) is 0 Å². The van der Waals surface area contributed by atoms with E-state index in [4.69, 9.17) is 5.11 Å². The highest BCUT2D eigenvalue weighted by atomic mass is 16.3. The van der Waals surface area contributed by atoms with Crippen molar-refractivity contribution in [2.75, 3.05) is 6.61 Å². The fourth-order valence-electron chi connectivity index (χ4n) is 2.21. The first-order valence-corrected chi connectivity index (χ1v) is 5.44. The van der Waals surface area contributed by atoms with E-state index in [-0.39, 0.29) is 6.61 Å². The first-order chi connectivity index (χ1) is 6.07. The Morgan fingerprint density at radius 1 is 1.54 bits per heavy atom. The largest absolute Gasteiger partial charge is 0.395 e. The first kappa shape index (κ1) is 11.0. The minimum Gasteiger partial charge on any atom is -0.395 e. The van der Waals surface area contributed by atoms with Gasteiger partial charge in [-0.15, -0.1) is 0 Å². The van der Waals surface area contributed by atoms with Crippen LogP contribution < -0.4 is 5.32 Å². The molecule has 0 aliphatic heterocycles. The van der Waals surface area contributed by atoms with Crippen LogP contribution in [-0.2, 0) is 0 Å². The van der Waals surface area contributed by atoms with Gasteiger partial charge in [-0.2, -0.15) is 0 Å². The molecular formula is C11H23NO. The van der Waals surface area contributed by atoms with Gasteiger partial charge >= 0.3 is 0 Å². The van der Waals surface area contributed by atoms with Gasteiger partial charge in [0.1, 0.15) is 0 Å². The lowest BCUT2D eigenvalue weighted by atomic mass is 9.92. The monoisotopic (exact) mass is 185 g/mol. The summed E-state index contributed by atoms with van der Waals surface area (Å²) in [5.74, 6) is 0. The average molecular weight is 185 g/mol. The van der Waals surface area contributed by atoms with E-state index in [1.807, 2.05) is 0 Å². The lowest BCUT2D eigenvalue weighted by Crippen LogP contribution is -2.39. The van der Waals surface area contributed by atoms with Crippen molar-refractivity contribution in [3.8, 4) is 0 Å². The van der Waals surface area contributed by atoms with Crippen molar-refractivity contribution in [2.24, 2.45) is 5.41 Å². The maximum absolute atomic E-state index is 9.05. The van der Waals surface area contributed by atoms with Gasteiger partial charge in [-0.3, -0.25) is 0 Å². The number of nitrogens with one attached hydrogen (secondary N) is 1. The molecule has 1 saturated carbocycles. The van der Waals surface area contributed by atoms with E-state index in [1.165, 1.54) is 19.3 Å². The molecule has 78 valence electrons. The standard InChI is InChI=1S/C11H23NO/c1-4-9(8-13)12-10-5-6-11(2,3)7-10/h9-10,12-13H,4-8H2,1-3H3/t9-,10?/m1/s1. The van der Waals surface area contributed by atoms with Crippen LogP contribution in [0.15, 0.2) is 0 Å². The second kappa shape index (κ2) is 4.43. The zero-order valence-electron chi connectivity index (χ0n) is 9.14. The molecule has 0 radical (unpaired) electrons. The highest BCUT2D eigenvalue weighted by Gasteiger charge is 2.31. The van der Waals surface area contributed by atoms with Crippen molar-refractivity contribution in [2.45, 2.75) is 58.5 Å². The Kier molecular flexibility index (Phi) is 3.74. The smallest absolute Gasteiger partial charge is 0.0584 e. The molecule has 2 atom stereocenters. The van der Waals surface area contributed by atoms with Crippen LogP contribution in [0.25, 0.3) is 0 Å². The normalized spacial score (nSPS) is 29.1. The summed E-state index contributed by atoms with van der Waals surface area (Å²) >= 11 is 0. The lowest BCUT2D eigenvalue weighted by Gasteiger charge is -2.22. The van der Waals surface area contributed by atoms with Crippen molar-refractivity contribution in [1.82, 2.24) is 5.32 Å². The van der Waals surface area contributed by atoms with Gasteiger partial charge in [0.25, 0.3) is 0 Å². The second-order valence-corrected chi connectivity index (χ2v) is 5.06. The number of rotatable bonds is 4. The second-order valence-electron chi connectivity index (χ2n) is 5.06. The van der Waals surface area contributed by atoms with Crippen molar-refractivity contribution < 1.29 is 5.11 Å². The Morgan fingerprint density at radius 2 is 2.23 bits per heavy atom. The Balaban J connectivity index is 2.31. The maximum Gasteiger partial charge on any atom is 0.0584 e. The highest BCUT2D eigenvalue weighted by Crippen LogP contribution is 2.37. The topological polar surface area (TPSA) is 32.3 Å². The molecule has 1 fully saturated rings. The highest BCUT2D eigenvalue weighted by molar-refractivity contribution is 4.87. The molecule has 2 N–H and O–H groups in total. The number of hydrogen-bond donors (Lipinski definition) is 2. The van der Waals surface area contributed by atoms with Crippen LogP contribution in [0.4, 0.5) is 0 Å². The zero-order valence-corrected chi connectivity index (χ0v) is 9.14. The Bertz CT molecular complexity index is 152. The number of hydrogen-bond acceptors (Lipinski definition) is 2. The SMILES string of the molecule is CC[C@H](CO)NC1CCC(C)(C)C1. The summed E-state index contributed by atoms with van der Waals surface area (Å²) in [4.78, 5) is 0. The van der Waals surface area contributed by atoms with Crippen LogP contribution >= 0.6 is 0 Å². The van der Waals surface area contributed by atoms with Gasteiger partial charge in [0.2, 0.25) is 0 Å². The van der Waals surface area contributed by atoms with Crippen LogP contribution in [0.3, 0.4) is 0 Å². The third-order valence-electron chi connectivity index (χ3n) is 3.15. The molecule has 2 heteroatoms. The fraction of sp³-hybridized carbons (Fsp3) is 1.00. The van der Waals surface area contributed by atoms with Crippen molar-refractivity contribution >= 4 is 0 Å². The van der Waals surface area contributed by atoms with Crippen molar-refractivity contribution in [1.29, 1.82) is 0 Å². The molecule has 0 bridgehead atoms. The van der Waals surface area contributed by atoms with Crippen molar-refractivity contribution in [3.63, 3.8) is 0 Å². The quantitative estimate of drug-likeness (QED) is 0.701. The predicted molar refractivity (Wildman–Crippen MR) is 55.7 cm³/mol. The predicted octanol–water partition coefficient (Wildman–Crippen LogP) is 1.93. The summed E-state index contributed by atoms with van der Waals surface area (Å²) in [6.45, 7) is 7.05. The van der Waals surface area contributed by atoms with E-state index >= 15 is 0 Å². The molecule has 1 rings (SSSR count). The lowest BCUT2D eigenvalue weighted by molar-refractivity contribution is 0.224.